The summed E-state index contributed by atoms with van der Waals surface area (Å²) in [5.74, 6) is 1.02. The molecule has 0 bridgehead atoms. The Morgan fingerprint density at radius 3 is 2.30 bits per heavy atom. The van der Waals surface area contributed by atoms with Crippen LogP contribution in [0.4, 0.5) is 0 Å². The maximum Gasteiger partial charge on any atom is 0.235 e. The molecule has 10 heavy (non-hydrogen) atoms. The lowest BCUT2D eigenvalue weighted by Crippen LogP contribution is -2.30. The molecule has 0 aromatic rings. The molecule has 0 unspecified atom stereocenters. The Kier molecular flexibility index (Phi) is 3.79. The predicted octanol–water partition coefficient (Wildman–Crippen LogP) is 1.82. The van der Waals surface area contributed by atoms with Crippen LogP contribution < -0.4 is 4.72 Å². The average Bonchev–Trinajstić information content (AvgIpc) is 1.80. The fourth-order valence-corrected chi connectivity index (χ4v) is 0.872. The molecule has 0 heterocycles. The van der Waals surface area contributed by atoms with Gasteiger partial charge in [0.25, 0.3) is 0 Å². The number of amides is 1. The third-order valence-corrected chi connectivity index (χ3v) is 1.61. The summed E-state index contributed by atoms with van der Waals surface area (Å²) in [5, 5.41) is 0. The number of carbonyl (C=O) groups is 1. The van der Waals surface area contributed by atoms with Gasteiger partial charge in [-0.3, -0.25) is 9.52 Å². The Balaban J connectivity index is 3.64. The van der Waals surface area contributed by atoms with Gasteiger partial charge in [0.2, 0.25) is 5.91 Å². The first-order valence-electron chi connectivity index (χ1n) is 3.40. The molecular weight excluding hydrogens is 146 g/mol. The van der Waals surface area contributed by atoms with Crippen molar-refractivity contribution in [3.8, 4) is 0 Å². The van der Waals surface area contributed by atoms with E-state index < -0.39 is 0 Å². The van der Waals surface area contributed by atoms with E-state index in [1.54, 1.807) is 0 Å². The van der Waals surface area contributed by atoms with E-state index in [9.17, 15) is 4.79 Å². The van der Waals surface area contributed by atoms with Crippen molar-refractivity contribution in [1.29, 1.82) is 0 Å². The molecule has 0 aromatic carbocycles. The quantitative estimate of drug-likeness (QED) is 0.626. The largest absolute Gasteiger partial charge is 0.300 e. The molecule has 0 atom stereocenters. The maximum absolute atomic E-state index is 11.1. The second kappa shape index (κ2) is 3.86. The van der Waals surface area contributed by atoms with Gasteiger partial charge in [0, 0.05) is 11.2 Å². The van der Waals surface area contributed by atoms with Crippen LogP contribution in [0.15, 0.2) is 0 Å². The summed E-state index contributed by atoms with van der Waals surface area (Å²) in [7, 11) is 0. The summed E-state index contributed by atoms with van der Waals surface area (Å²) in [6.45, 7) is 7.71. The van der Waals surface area contributed by atoms with Crippen LogP contribution in [0, 0.1) is 5.41 Å². The summed E-state index contributed by atoms with van der Waals surface area (Å²) in [5.41, 5.74) is -0.262. The van der Waals surface area contributed by atoms with E-state index in [1.165, 1.54) is 11.9 Å². The van der Waals surface area contributed by atoms with Crippen molar-refractivity contribution >= 4 is 17.9 Å². The molecule has 0 aliphatic carbocycles. The predicted molar refractivity (Wildman–Crippen MR) is 45.7 cm³/mol. The van der Waals surface area contributed by atoms with Crippen molar-refractivity contribution in [2.24, 2.45) is 5.41 Å². The van der Waals surface area contributed by atoms with Crippen LogP contribution in [0.2, 0.25) is 0 Å². The minimum atomic E-state index is -0.262. The van der Waals surface area contributed by atoms with E-state index in [0.717, 1.165) is 5.75 Å². The highest BCUT2D eigenvalue weighted by Gasteiger charge is 2.20. The topological polar surface area (TPSA) is 29.1 Å². The fraction of sp³-hybridized carbons (Fsp3) is 0.857. The highest BCUT2D eigenvalue weighted by Crippen LogP contribution is 2.13. The third kappa shape index (κ3) is 3.77. The van der Waals surface area contributed by atoms with Crippen LogP contribution in [0.1, 0.15) is 27.7 Å². The minimum Gasteiger partial charge on any atom is -0.300 e. The summed E-state index contributed by atoms with van der Waals surface area (Å²) < 4.78 is 2.75. The lowest BCUT2D eigenvalue weighted by atomic mass is 9.96. The van der Waals surface area contributed by atoms with Gasteiger partial charge < -0.3 is 0 Å². The number of carbonyl (C=O) groups excluding carboxylic acids is 1. The van der Waals surface area contributed by atoms with Crippen LogP contribution in [0.5, 0.6) is 0 Å². The van der Waals surface area contributed by atoms with E-state index in [1.807, 2.05) is 27.7 Å². The monoisotopic (exact) mass is 161 g/mol. The van der Waals surface area contributed by atoms with Crippen molar-refractivity contribution in [2.75, 3.05) is 5.75 Å². The van der Waals surface area contributed by atoms with Gasteiger partial charge in [0.15, 0.2) is 0 Å². The van der Waals surface area contributed by atoms with E-state index in [0.29, 0.717) is 0 Å². The maximum atomic E-state index is 11.1. The van der Waals surface area contributed by atoms with Gasteiger partial charge in [-0.15, -0.1) is 0 Å². The average molecular weight is 161 g/mol. The zero-order valence-corrected chi connectivity index (χ0v) is 7.84. The van der Waals surface area contributed by atoms with E-state index in [-0.39, 0.29) is 11.3 Å². The lowest BCUT2D eigenvalue weighted by molar-refractivity contribution is -0.126. The van der Waals surface area contributed by atoms with Crippen LogP contribution in [-0.2, 0) is 4.79 Å². The van der Waals surface area contributed by atoms with Gasteiger partial charge in [-0.25, -0.2) is 0 Å². The first-order valence-corrected chi connectivity index (χ1v) is 4.39. The zero-order valence-electron chi connectivity index (χ0n) is 7.02. The molecule has 1 amide bonds. The van der Waals surface area contributed by atoms with Crippen molar-refractivity contribution in [2.45, 2.75) is 27.7 Å². The molecule has 3 heteroatoms. The summed E-state index contributed by atoms with van der Waals surface area (Å²) in [4.78, 5) is 11.1. The second-order valence-electron chi connectivity index (χ2n) is 3.11. The number of hydrogen-bond acceptors (Lipinski definition) is 2. The Morgan fingerprint density at radius 1 is 1.50 bits per heavy atom. The van der Waals surface area contributed by atoms with E-state index in [2.05, 4.69) is 4.72 Å². The van der Waals surface area contributed by atoms with Crippen molar-refractivity contribution in [3.63, 3.8) is 0 Å². The summed E-state index contributed by atoms with van der Waals surface area (Å²) >= 11 is 1.44. The number of rotatable bonds is 2. The molecular formula is C7H15NOS. The molecule has 0 aliphatic heterocycles. The van der Waals surface area contributed by atoms with Gasteiger partial charge in [-0.05, 0) is 0 Å². The van der Waals surface area contributed by atoms with Crippen molar-refractivity contribution in [3.05, 3.63) is 0 Å². The number of hydrogen-bond donors (Lipinski definition) is 1. The molecule has 2 nitrogen and oxygen atoms in total. The van der Waals surface area contributed by atoms with Crippen LogP contribution >= 0.6 is 11.9 Å². The SMILES string of the molecule is CCSNC(=O)C(C)(C)C. The van der Waals surface area contributed by atoms with Crippen molar-refractivity contribution < 1.29 is 4.79 Å². The van der Waals surface area contributed by atoms with E-state index in [4.69, 9.17) is 0 Å². The molecule has 60 valence electrons. The Labute approximate surface area is 66.9 Å². The molecule has 0 saturated carbocycles. The molecule has 0 aliphatic rings. The van der Waals surface area contributed by atoms with Crippen LogP contribution in [0.3, 0.4) is 0 Å². The van der Waals surface area contributed by atoms with Gasteiger partial charge >= 0.3 is 0 Å². The molecule has 0 aromatic heterocycles. The molecule has 0 rings (SSSR count). The van der Waals surface area contributed by atoms with Gasteiger partial charge in [0.05, 0.1) is 0 Å². The first-order chi connectivity index (χ1) is 4.48. The highest BCUT2D eigenvalue weighted by atomic mass is 32.2. The highest BCUT2D eigenvalue weighted by molar-refractivity contribution is 7.97. The smallest absolute Gasteiger partial charge is 0.235 e. The molecule has 0 radical (unpaired) electrons. The summed E-state index contributed by atoms with van der Waals surface area (Å²) in [6, 6.07) is 0. The van der Waals surface area contributed by atoms with E-state index >= 15 is 0 Å². The Bertz CT molecular complexity index is 117. The normalized spacial score (nSPS) is 11.2. The third-order valence-electron chi connectivity index (χ3n) is 0.990. The van der Waals surface area contributed by atoms with Gasteiger partial charge in [-0.1, -0.05) is 39.6 Å². The lowest BCUT2D eigenvalue weighted by Gasteiger charge is -2.16. The zero-order chi connectivity index (χ0) is 8.20. The standard InChI is InChI=1S/C7H15NOS/c1-5-10-8-6(9)7(2,3)4/h5H2,1-4H3,(H,8,9). The van der Waals surface area contributed by atoms with Crippen molar-refractivity contribution in [1.82, 2.24) is 4.72 Å². The second-order valence-corrected chi connectivity index (χ2v) is 4.18. The van der Waals surface area contributed by atoms with Crippen LogP contribution in [0.25, 0.3) is 0 Å². The fourth-order valence-electron chi connectivity index (χ4n) is 0.291. The van der Waals surface area contributed by atoms with Gasteiger partial charge in [-0.2, -0.15) is 0 Å². The minimum absolute atomic E-state index is 0.0966. The van der Waals surface area contributed by atoms with Gasteiger partial charge in [0.1, 0.15) is 0 Å². The molecule has 1 N–H and O–H groups in total. The molecule has 0 saturated heterocycles. The first kappa shape index (κ1) is 9.82. The Hall–Kier alpha value is -0.180. The molecule has 0 fully saturated rings. The number of nitrogens with one attached hydrogen (secondary N) is 1. The molecule has 0 spiro atoms. The Morgan fingerprint density at radius 2 is 2.00 bits per heavy atom. The summed E-state index contributed by atoms with van der Waals surface area (Å²) in [6.07, 6.45) is 0. The van der Waals surface area contributed by atoms with Crippen LogP contribution in [-0.4, -0.2) is 11.7 Å².